The second-order valence-corrected chi connectivity index (χ2v) is 6.21. The standard InChI is InChI=1S/C18H16ClN5O2/c19-15-4-5-18(21-13-15)23-10-8-22(9-11-23)17(6-7-20)14-2-1-3-16(12-14)24(25)26/h1-6,12-13H,8-11H2/b17-6-. The van der Waals surface area contributed by atoms with Gasteiger partial charge in [0.15, 0.2) is 0 Å². The first-order valence-electron chi connectivity index (χ1n) is 8.04. The first-order valence-corrected chi connectivity index (χ1v) is 8.42. The molecule has 1 fully saturated rings. The molecule has 3 rings (SSSR count). The van der Waals surface area contributed by atoms with Gasteiger partial charge in [0.2, 0.25) is 0 Å². The second kappa shape index (κ2) is 7.85. The Labute approximate surface area is 155 Å². The van der Waals surface area contributed by atoms with Crippen molar-refractivity contribution in [1.82, 2.24) is 9.88 Å². The molecule has 26 heavy (non-hydrogen) atoms. The van der Waals surface area contributed by atoms with E-state index in [9.17, 15) is 10.1 Å². The SMILES string of the molecule is N#C/C=C(/c1cccc([N+](=O)[O-])c1)N1CCN(c2ccc(Cl)cn2)CC1. The van der Waals surface area contributed by atoms with E-state index in [1.54, 1.807) is 24.4 Å². The lowest BCUT2D eigenvalue weighted by Gasteiger charge is -2.37. The number of aromatic nitrogens is 1. The third-order valence-electron chi connectivity index (χ3n) is 4.21. The van der Waals surface area contributed by atoms with Gasteiger partial charge in [-0.05, 0) is 12.1 Å². The van der Waals surface area contributed by atoms with Crippen molar-refractivity contribution in [3.63, 3.8) is 0 Å². The lowest BCUT2D eigenvalue weighted by Crippen LogP contribution is -2.45. The fourth-order valence-corrected chi connectivity index (χ4v) is 3.04. The van der Waals surface area contributed by atoms with E-state index in [2.05, 4.69) is 14.8 Å². The maximum atomic E-state index is 11.0. The summed E-state index contributed by atoms with van der Waals surface area (Å²) in [7, 11) is 0. The van der Waals surface area contributed by atoms with Gasteiger partial charge in [0, 0.05) is 56.1 Å². The minimum absolute atomic E-state index is 0.00957. The maximum Gasteiger partial charge on any atom is 0.270 e. The Kier molecular flexibility index (Phi) is 5.34. The Bertz CT molecular complexity index is 868. The largest absolute Gasteiger partial charge is 0.367 e. The molecule has 1 aromatic carbocycles. The molecule has 0 unspecified atom stereocenters. The van der Waals surface area contributed by atoms with Gasteiger partial charge in [-0.15, -0.1) is 0 Å². The predicted octanol–water partition coefficient (Wildman–Crippen LogP) is 3.33. The number of rotatable bonds is 4. The van der Waals surface area contributed by atoms with Crippen LogP contribution in [0.25, 0.3) is 5.70 Å². The third kappa shape index (κ3) is 3.92. The normalized spacial score (nSPS) is 14.8. The number of hydrogen-bond acceptors (Lipinski definition) is 6. The molecule has 0 N–H and O–H groups in total. The van der Waals surface area contributed by atoms with E-state index < -0.39 is 4.92 Å². The van der Waals surface area contributed by atoms with Gasteiger partial charge < -0.3 is 9.80 Å². The average molecular weight is 370 g/mol. The summed E-state index contributed by atoms with van der Waals surface area (Å²) in [6.45, 7) is 2.82. The van der Waals surface area contributed by atoms with Gasteiger partial charge in [-0.3, -0.25) is 10.1 Å². The smallest absolute Gasteiger partial charge is 0.270 e. The van der Waals surface area contributed by atoms with E-state index in [4.69, 9.17) is 16.9 Å². The first-order chi connectivity index (χ1) is 12.6. The fourth-order valence-electron chi connectivity index (χ4n) is 2.93. The number of halogens is 1. The molecule has 2 heterocycles. The number of allylic oxidation sites excluding steroid dienone is 1. The molecule has 0 aliphatic carbocycles. The lowest BCUT2D eigenvalue weighted by molar-refractivity contribution is -0.384. The zero-order valence-electron chi connectivity index (χ0n) is 13.9. The van der Waals surface area contributed by atoms with Gasteiger partial charge in [-0.2, -0.15) is 5.26 Å². The second-order valence-electron chi connectivity index (χ2n) is 5.77. The van der Waals surface area contributed by atoms with Crippen LogP contribution in [-0.4, -0.2) is 41.0 Å². The predicted molar refractivity (Wildman–Crippen MR) is 99.7 cm³/mol. The van der Waals surface area contributed by atoms with E-state index in [-0.39, 0.29) is 5.69 Å². The fraction of sp³-hybridized carbons (Fsp3) is 0.222. The topological polar surface area (TPSA) is 86.3 Å². The monoisotopic (exact) mass is 369 g/mol. The number of pyridine rings is 1. The molecule has 8 heteroatoms. The summed E-state index contributed by atoms with van der Waals surface area (Å²) < 4.78 is 0. The zero-order valence-corrected chi connectivity index (χ0v) is 14.6. The Morgan fingerprint density at radius 1 is 1.27 bits per heavy atom. The van der Waals surface area contributed by atoms with Crippen LogP contribution >= 0.6 is 11.6 Å². The van der Waals surface area contributed by atoms with Crippen molar-refractivity contribution in [2.24, 2.45) is 0 Å². The van der Waals surface area contributed by atoms with Gasteiger partial charge in [0.1, 0.15) is 5.82 Å². The van der Waals surface area contributed by atoms with Crippen molar-refractivity contribution in [3.8, 4) is 6.07 Å². The molecule has 0 radical (unpaired) electrons. The van der Waals surface area contributed by atoms with Crippen LogP contribution in [0.1, 0.15) is 5.56 Å². The van der Waals surface area contributed by atoms with Crippen LogP contribution in [-0.2, 0) is 0 Å². The summed E-state index contributed by atoms with van der Waals surface area (Å²) in [6, 6.07) is 12.1. The molecule has 0 spiro atoms. The third-order valence-corrected chi connectivity index (χ3v) is 4.43. The van der Waals surface area contributed by atoms with Crippen molar-refractivity contribution in [3.05, 3.63) is 69.4 Å². The van der Waals surface area contributed by atoms with Gasteiger partial charge in [0.25, 0.3) is 5.69 Å². The molecule has 1 saturated heterocycles. The number of anilines is 1. The van der Waals surface area contributed by atoms with E-state index in [0.717, 1.165) is 18.9 Å². The van der Waals surface area contributed by atoms with Gasteiger partial charge in [0.05, 0.1) is 21.7 Å². The van der Waals surface area contributed by atoms with E-state index in [0.29, 0.717) is 29.4 Å². The quantitative estimate of drug-likeness (QED) is 0.466. The molecule has 0 amide bonds. The van der Waals surface area contributed by atoms with Crippen LogP contribution in [0.3, 0.4) is 0 Å². The molecule has 0 bridgehead atoms. The van der Waals surface area contributed by atoms with Crippen LogP contribution in [0.2, 0.25) is 5.02 Å². The van der Waals surface area contributed by atoms with Crippen LogP contribution in [0, 0.1) is 21.4 Å². The minimum Gasteiger partial charge on any atom is -0.367 e. The molecule has 0 atom stereocenters. The van der Waals surface area contributed by atoms with Gasteiger partial charge >= 0.3 is 0 Å². The Morgan fingerprint density at radius 3 is 2.65 bits per heavy atom. The molecule has 1 aliphatic heterocycles. The van der Waals surface area contributed by atoms with Crippen LogP contribution in [0.4, 0.5) is 11.5 Å². The first kappa shape index (κ1) is 17.7. The van der Waals surface area contributed by atoms with Crippen molar-refractivity contribution < 1.29 is 4.92 Å². The number of benzene rings is 1. The molecule has 2 aromatic rings. The molecule has 1 aromatic heterocycles. The average Bonchev–Trinajstić information content (AvgIpc) is 2.67. The number of nitriles is 1. The minimum atomic E-state index is -0.433. The summed E-state index contributed by atoms with van der Waals surface area (Å²) in [5.41, 5.74) is 1.37. The number of nitrogens with zero attached hydrogens (tertiary/aromatic N) is 5. The Hall–Kier alpha value is -3.11. The summed E-state index contributed by atoms with van der Waals surface area (Å²) in [5, 5.41) is 20.8. The number of piperazine rings is 1. The summed E-state index contributed by atoms with van der Waals surface area (Å²) in [6.07, 6.45) is 3.06. The molecular formula is C18H16ClN5O2. The molecule has 132 valence electrons. The van der Waals surface area contributed by atoms with Gasteiger partial charge in [-0.25, -0.2) is 4.98 Å². The highest BCUT2D eigenvalue weighted by molar-refractivity contribution is 6.30. The number of non-ortho nitro benzene ring substituents is 1. The Balaban J connectivity index is 1.76. The maximum absolute atomic E-state index is 11.0. The number of nitro benzene ring substituents is 1. The molecule has 0 saturated carbocycles. The number of nitro groups is 1. The zero-order chi connectivity index (χ0) is 18.5. The molecular weight excluding hydrogens is 354 g/mol. The van der Waals surface area contributed by atoms with Crippen LogP contribution in [0.15, 0.2) is 48.7 Å². The van der Waals surface area contributed by atoms with Crippen molar-refractivity contribution in [1.29, 1.82) is 5.26 Å². The molecule has 1 aliphatic rings. The highest BCUT2D eigenvalue weighted by Gasteiger charge is 2.21. The summed E-state index contributed by atoms with van der Waals surface area (Å²) >= 11 is 5.88. The Morgan fingerprint density at radius 2 is 2.04 bits per heavy atom. The van der Waals surface area contributed by atoms with Crippen molar-refractivity contribution >= 4 is 28.8 Å². The van der Waals surface area contributed by atoms with Gasteiger partial charge in [-0.1, -0.05) is 23.7 Å². The highest BCUT2D eigenvalue weighted by Crippen LogP contribution is 2.25. The lowest BCUT2D eigenvalue weighted by atomic mass is 10.1. The highest BCUT2D eigenvalue weighted by atomic mass is 35.5. The van der Waals surface area contributed by atoms with E-state index >= 15 is 0 Å². The van der Waals surface area contributed by atoms with Crippen LogP contribution in [0.5, 0.6) is 0 Å². The summed E-state index contributed by atoms with van der Waals surface area (Å²) in [4.78, 5) is 19.1. The van der Waals surface area contributed by atoms with Crippen molar-refractivity contribution in [2.45, 2.75) is 0 Å². The van der Waals surface area contributed by atoms with Crippen molar-refractivity contribution in [2.75, 3.05) is 31.1 Å². The molecule has 7 nitrogen and oxygen atoms in total. The van der Waals surface area contributed by atoms with Crippen LogP contribution < -0.4 is 4.90 Å². The summed E-state index contributed by atoms with van der Waals surface area (Å²) in [5.74, 6) is 0.857. The van der Waals surface area contributed by atoms with E-state index in [1.807, 2.05) is 12.1 Å². The van der Waals surface area contributed by atoms with E-state index in [1.165, 1.54) is 18.2 Å². The number of hydrogen-bond donors (Lipinski definition) is 0.